The zero-order valence-corrected chi connectivity index (χ0v) is 12.5. The van der Waals surface area contributed by atoms with Crippen LogP contribution in [0.3, 0.4) is 0 Å². The van der Waals surface area contributed by atoms with E-state index in [0.717, 1.165) is 31.0 Å². The summed E-state index contributed by atoms with van der Waals surface area (Å²) < 4.78 is 5.98. The predicted octanol–water partition coefficient (Wildman–Crippen LogP) is 3.80. The monoisotopic (exact) mass is 282 g/mol. The van der Waals surface area contributed by atoms with Gasteiger partial charge >= 0.3 is 0 Å². The van der Waals surface area contributed by atoms with Crippen molar-refractivity contribution < 1.29 is 4.74 Å². The second kappa shape index (κ2) is 7.11. The van der Waals surface area contributed by atoms with Gasteiger partial charge in [0.1, 0.15) is 6.10 Å². The fourth-order valence-corrected chi connectivity index (χ4v) is 2.59. The third kappa shape index (κ3) is 4.36. The molecule has 0 atom stereocenters. The molecule has 1 aliphatic rings. The molecule has 0 unspecified atom stereocenters. The fourth-order valence-electron chi connectivity index (χ4n) is 2.42. The molecule has 0 saturated heterocycles. The maximum absolute atomic E-state index is 6.14. The van der Waals surface area contributed by atoms with E-state index in [1.807, 2.05) is 12.1 Å². The number of halogens is 1. The van der Waals surface area contributed by atoms with Gasteiger partial charge in [0.25, 0.3) is 0 Å². The Kier molecular flexibility index (Phi) is 5.46. The first-order valence-electron chi connectivity index (χ1n) is 7.21. The van der Waals surface area contributed by atoms with Crippen molar-refractivity contribution in [2.24, 2.45) is 5.92 Å². The lowest BCUT2D eigenvalue weighted by molar-refractivity contribution is 0.130. The van der Waals surface area contributed by atoms with Crippen molar-refractivity contribution in [3.8, 4) is 5.88 Å². The molecule has 1 aromatic rings. The molecule has 0 aliphatic heterocycles. The Labute approximate surface area is 120 Å². The summed E-state index contributed by atoms with van der Waals surface area (Å²) >= 11 is 6.14. The van der Waals surface area contributed by atoms with Crippen molar-refractivity contribution in [1.29, 1.82) is 0 Å². The first-order valence-corrected chi connectivity index (χ1v) is 7.59. The molecule has 0 bridgehead atoms. The first kappa shape index (κ1) is 14.6. The highest BCUT2D eigenvalue weighted by atomic mass is 35.5. The third-order valence-electron chi connectivity index (χ3n) is 3.69. The topological polar surface area (TPSA) is 34.2 Å². The minimum atomic E-state index is 0.317. The Morgan fingerprint density at radius 3 is 2.74 bits per heavy atom. The van der Waals surface area contributed by atoms with Crippen molar-refractivity contribution in [2.75, 3.05) is 6.54 Å². The van der Waals surface area contributed by atoms with Crippen LogP contribution < -0.4 is 10.1 Å². The van der Waals surface area contributed by atoms with Gasteiger partial charge in [-0.05, 0) is 44.2 Å². The molecule has 0 aromatic carbocycles. The highest BCUT2D eigenvalue weighted by Gasteiger charge is 2.20. The Balaban J connectivity index is 1.96. The third-order valence-corrected chi connectivity index (χ3v) is 4.03. The normalized spacial score (nSPS) is 23.3. The van der Waals surface area contributed by atoms with Gasteiger partial charge in [-0.1, -0.05) is 25.4 Å². The standard InChI is InChI=1S/C15H23ClN2O/c1-3-17-10-14-13(16)8-9-15(18-14)19-12-6-4-11(2)5-7-12/h8-9,11-12,17H,3-7,10H2,1-2H3. The molecule has 1 aromatic heterocycles. The zero-order chi connectivity index (χ0) is 13.7. The van der Waals surface area contributed by atoms with Crippen LogP contribution >= 0.6 is 11.6 Å². The number of ether oxygens (including phenoxy) is 1. The van der Waals surface area contributed by atoms with Crippen LogP contribution in [0.1, 0.15) is 45.2 Å². The molecule has 106 valence electrons. The molecule has 1 aliphatic carbocycles. The molecule has 0 radical (unpaired) electrons. The Bertz CT molecular complexity index is 403. The maximum atomic E-state index is 6.14. The Morgan fingerprint density at radius 1 is 1.32 bits per heavy atom. The van der Waals surface area contributed by atoms with E-state index in [9.17, 15) is 0 Å². The fraction of sp³-hybridized carbons (Fsp3) is 0.667. The number of aromatic nitrogens is 1. The van der Waals surface area contributed by atoms with Gasteiger partial charge in [-0.15, -0.1) is 0 Å². The lowest BCUT2D eigenvalue weighted by atomic mass is 9.89. The highest BCUT2D eigenvalue weighted by molar-refractivity contribution is 6.31. The number of nitrogens with zero attached hydrogens (tertiary/aromatic N) is 1. The molecular weight excluding hydrogens is 260 g/mol. The molecule has 1 saturated carbocycles. The van der Waals surface area contributed by atoms with Crippen LogP contribution in [0.15, 0.2) is 12.1 Å². The van der Waals surface area contributed by atoms with Gasteiger partial charge in [-0.2, -0.15) is 0 Å². The molecule has 0 amide bonds. The van der Waals surface area contributed by atoms with E-state index >= 15 is 0 Å². The first-order chi connectivity index (χ1) is 9.19. The van der Waals surface area contributed by atoms with Crippen LogP contribution in [0, 0.1) is 5.92 Å². The van der Waals surface area contributed by atoms with Crippen LogP contribution in [-0.4, -0.2) is 17.6 Å². The average Bonchev–Trinajstić information content (AvgIpc) is 2.42. The summed E-state index contributed by atoms with van der Waals surface area (Å²) in [5.74, 6) is 1.54. The van der Waals surface area contributed by atoms with Gasteiger partial charge in [0.15, 0.2) is 0 Å². The smallest absolute Gasteiger partial charge is 0.213 e. The molecular formula is C15H23ClN2O. The summed E-state index contributed by atoms with van der Waals surface area (Å²) in [5, 5.41) is 3.94. The molecule has 4 heteroatoms. The summed E-state index contributed by atoms with van der Waals surface area (Å²) in [6.07, 6.45) is 5.09. The predicted molar refractivity (Wildman–Crippen MR) is 78.7 cm³/mol. The Hall–Kier alpha value is -0.800. The van der Waals surface area contributed by atoms with Crippen LogP contribution in [0.2, 0.25) is 5.02 Å². The number of pyridine rings is 1. The van der Waals surface area contributed by atoms with Crippen LogP contribution in [0.5, 0.6) is 5.88 Å². The quantitative estimate of drug-likeness (QED) is 0.892. The largest absolute Gasteiger partial charge is 0.474 e. The van der Waals surface area contributed by atoms with E-state index in [1.165, 1.54) is 12.8 Å². The number of hydrogen-bond acceptors (Lipinski definition) is 3. The van der Waals surface area contributed by atoms with E-state index in [1.54, 1.807) is 0 Å². The van der Waals surface area contributed by atoms with Crippen molar-refractivity contribution in [3.63, 3.8) is 0 Å². The summed E-state index contributed by atoms with van der Waals surface area (Å²) in [4.78, 5) is 4.51. The SMILES string of the molecule is CCNCc1nc(OC2CCC(C)CC2)ccc1Cl. The van der Waals surface area contributed by atoms with Gasteiger partial charge in [-0.25, -0.2) is 4.98 Å². The molecule has 2 rings (SSSR count). The van der Waals surface area contributed by atoms with E-state index in [-0.39, 0.29) is 0 Å². The highest BCUT2D eigenvalue weighted by Crippen LogP contribution is 2.27. The van der Waals surface area contributed by atoms with Crippen molar-refractivity contribution in [1.82, 2.24) is 10.3 Å². The lowest BCUT2D eigenvalue weighted by Crippen LogP contribution is -2.23. The van der Waals surface area contributed by atoms with Gasteiger partial charge in [0, 0.05) is 12.6 Å². The molecule has 1 heterocycles. The average molecular weight is 283 g/mol. The molecule has 19 heavy (non-hydrogen) atoms. The molecule has 1 N–H and O–H groups in total. The number of nitrogens with one attached hydrogen (secondary N) is 1. The molecule has 1 fully saturated rings. The van der Waals surface area contributed by atoms with Gasteiger partial charge in [-0.3, -0.25) is 0 Å². The second-order valence-corrected chi connectivity index (χ2v) is 5.77. The lowest BCUT2D eigenvalue weighted by Gasteiger charge is -2.26. The minimum Gasteiger partial charge on any atom is -0.474 e. The van der Waals surface area contributed by atoms with E-state index < -0.39 is 0 Å². The van der Waals surface area contributed by atoms with Crippen LogP contribution in [-0.2, 0) is 6.54 Å². The summed E-state index contributed by atoms with van der Waals surface area (Å²) in [6, 6.07) is 3.75. The summed E-state index contributed by atoms with van der Waals surface area (Å²) in [6.45, 7) is 5.97. The number of rotatable bonds is 5. The van der Waals surface area contributed by atoms with E-state index in [2.05, 4.69) is 24.1 Å². The second-order valence-electron chi connectivity index (χ2n) is 5.36. The minimum absolute atomic E-state index is 0.317. The van der Waals surface area contributed by atoms with Crippen LogP contribution in [0.25, 0.3) is 0 Å². The van der Waals surface area contributed by atoms with E-state index in [0.29, 0.717) is 23.6 Å². The molecule has 3 nitrogen and oxygen atoms in total. The zero-order valence-electron chi connectivity index (χ0n) is 11.8. The van der Waals surface area contributed by atoms with Crippen LogP contribution in [0.4, 0.5) is 0 Å². The molecule has 0 spiro atoms. The number of hydrogen-bond donors (Lipinski definition) is 1. The van der Waals surface area contributed by atoms with Crippen molar-refractivity contribution >= 4 is 11.6 Å². The Morgan fingerprint density at radius 2 is 2.05 bits per heavy atom. The van der Waals surface area contributed by atoms with Gasteiger partial charge in [0.2, 0.25) is 5.88 Å². The maximum Gasteiger partial charge on any atom is 0.213 e. The van der Waals surface area contributed by atoms with E-state index in [4.69, 9.17) is 16.3 Å². The van der Waals surface area contributed by atoms with Gasteiger partial charge < -0.3 is 10.1 Å². The summed E-state index contributed by atoms with van der Waals surface area (Å²) in [7, 11) is 0. The van der Waals surface area contributed by atoms with Crippen molar-refractivity contribution in [2.45, 2.75) is 52.2 Å². The summed E-state index contributed by atoms with van der Waals surface area (Å²) in [5.41, 5.74) is 0.866. The van der Waals surface area contributed by atoms with Crippen molar-refractivity contribution in [3.05, 3.63) is 22.8 Å². The van der Waals surface area contributed by atoms with Gasteiger partial charge in [0.05, 0.1) is 10.7 Å².